The fraction of sp³-hybridized carbons (Fsp3) is 0.250. The molecule has 0 amide bonds. The van der Waals surface area contributed by atoms with Crippen molar-refractivity contribution in [2.24, 2.45) is 0 Å². The molecule has 0 unspecified atom stereocenters. The van der Waals surface area contributed by atoms with Crippen LogP contribution in [0.3, 0.4) is 0 Å². The minimum atomic E-state index is 0.0776. The molecule has 0 saturated heterocycles. The van der Waals surface area contributed by atoms with Crippen LogP contribution in [0, 0.1) is 0 Å². The first kappa shape index (κ1) is 11.8. The van der Waals surface area contributed by atoms with E-state index in [1.807, 2.05) is 32.0 Å². The Balaban J connectivity index is 2.42. The van der Waals surface area contributed by atoms with Crippen molar-refractivity contribution in [1.82, 2.24) is 9.78 Å². The summed E-state index contributed by atoms with van der Waals surface area (Å²) in [7, 11) is 0. The standard InChI is InChI=1S/C12H14ClN3O/c1-8(2)17-11-5-3-4-10(12(11)14)16-7-9(13)6-15-16/h3-8H,14H2,1-2H3. The van der Waals surface area contributed by atoms with E-state index >= 15 is 0 Å². The Bertz CT molecular complexity index is 522. The highest BCUT2D eigenvalue weighted by Gasteiger charge is 2.09. The molecular formula is C12H14ClN3O. The summed E-state index contributed by atoms with van der Waals surface area (Å²) in [5.74, 6) is 0.657. The van der Waals surface area contributed by atoms with E-state index in [0.717, 1.165) is 5.69 Å². The quantitative estimate of drug-likeness (QED) is 0.854. The van der Waals surface area contributed by atoms with Crippen LogP contribution in [0.15, 0.2) is 30.6 Å². The summed E-state index contributed by atoms with van der Waals surface area (Å²) in [5, 5.41) is 4.69. The number of nitrogen functional groups attached to an aromatic ring is 1. The van der Waals surface area contributed by atoms with E-state index in [2.05, 4.69) is 5.10 Å². The number of hydrogen-bond donors (Lipinski definition) is 1. The van der Waals surface area contributed by atoms with E-state index < -0.39 is 0 Å². The molecule has 2 rings (SSSR count). The lowest BCUT2D eigenvalue weighted by Crippen LogP contribution is -2.09. The molecular weight excluding hydrogens is 238 g/mol. The van der Waals surface area contributed by atoms with Crippen molar-refractivity contribution in [2.45, 2.75) is 20.0 Å². The van der Waals surface area contributed by atoms with Gasteiger partial charge in [0.25, 0.3) is 0 Å². The van der Waals surface area contributed by atoms with Gasteiger partial charge >= 0.3 is 0 Å². The largest absolute Gasteiger partial charge is 0.489 e. The van der Waals surface area contributed by atoms with Gasteiger partial charge in [-0.25, -0.2) is 4.68 Å². The van der Waals surface area contributed by atoms with Gasteiger partial charge in [-0.05, 0) is 26.0 Å². The van der Waals surface area contributed by atoms with Crippen LogP contribution >= 0.6 is 11.6 Å². The number of para-hydroxylation sites is 1. The Hall–Kier alpha value is -1.68. The van der Waals surface area contributed by atoms with Gasteiger partial charge in [-0.2, -0.15) is 5.10 Å². The van der Waals surface area contributed by atoms with Crippen LogP contribution in [0.4, 0.5) is 5.69 Å². The predicted molar refractivity (Wildman–Crippen MR) is 68.8 cm³/mol. The fourth-order valence-electron chi connectivity index (χ4n) is 1.52. The van der Waals surface area contributed by atoms with Crippen molar-refractivity contribution >= 4 is 17.3 Å². The third kappa shape index (κ3) is 2.53. The SMILES string of the molecule is CC(C)Oc1cccc(-n2cc(Cl)cn2)c1N. The number of anilines is 1. The molecule has 4 nitrogen and oxygen atoms in total. The highest BCUT2D eigenvalue weighted by atomic mass is 35.5. The highest BCUT2D eigenvalue weighted by molar-refractivity contribution is 6.30. The van der Waals surface area contributed by atoms with Gasteiger partial charge in [-0.1, -0.05) is 17.7 Å². The predicted octanol–water partition coefficient (Wildman–Crippen LogP) is 2.90. The number of benzene rings is 1. The highest BCUT2D eigenvalue weighted by Crippen LogP contribution is 2.29. The first-order valence-corrected chi connectivity index (χ1v) is 5.71. The van der Waals surface area contributed by atoms with Crippen molar-refractivity contribution < 1.29 is 4.74 Å². The zero-order valence-corrected chi connectivity index (χ0v) is 10.5. The van der Waals surface area contributed by atoms with Crippen molar-refractivity contribution in [3.05, 3.63) is 35.6 Å². The Morgan fingerprint density at radius 2 is 2.18 bits per heavy atom. The van der Waals surface area contributed by atoms with Crippen LogP contribution in [0.5, 0.6) is 5.75 Å². The molecule has 0 saturated carbocycles. The van der Waals surface area contributed by atoms with Crippen LogP contribution in [0.2, 0.25) is 5.02 Å². The maximum absolute atomic E-state index is 6.04. The molecule has 5 heteroatoms. The molecule has 17 heavy (non-hydrogen) atoms. The molecule has 2 N–H and O–H groups in total. The first-order chi connectivity index (χ1) is 8.08. The van der Waals surface area contributed by atoms with Gasteiger partial charge < -0.3 is 10.5 Å². The van der Waals surface area contributed by atoms with Gasteiger partial charge in [-0.15, -0.1) is 0 Å². The normalized spacial score (nSPS) is 10.8. The number of hydrogen-bond acceptors (Lipinski definition) is 3. The van der Waals surface area contributed by atoms with E-state index in [9.17, 15) is 0 Å². The van der Waals surface area contributed by atoms with Gasteiger partial charge in [0.05, 0.1) is 23.0 Å². The number of nitrogens with two attached hydrogens (primary N) is 1. The van der Waals surface area contributed by atoms with Crippen LogP contribution in [0.1, 0.15) is 13.8 Å². The number of nitrogens with zero attached hydrogens (tertiary/aromatic N) is 2. The lowest BCUT2D eigenvalue weighted by atomic mass is 10.2. The molecule has 0 aliphatic carbocycles. The lowest BCUT2D eigenvalue weighted by Gasteiger charge is -2.14. The molecule has 0 fully saturated rings. The summed E-state index contributed by atoms with van der Waals surface area (Å²) in [6.45, 7) is 3.91. The maximum Gasteiger partial charge on any atom is 0.144 e. The number of ether oxygens (including phenoxy) is 1. The Kier molecular flexibility index (Phi) is 3.24. The molecule has 0 aliphatic rings. The molecule has 0 aliphatic heterocycles. The van der Waals surface area contributed by atoms with Crippen molar-refractivity contribution in [3.8, 4) is 11.4 Å². The lowest BCUT2D eigenvalue weighted by molar-refractivity contribution is 0.244. The third-order valence-electron chi connectivity index (χ3n) is 2.20. The van der Waals surface area contributed by atoms with Gasteiger partial charge in [0, 0.05) is 6.20 Å². The minimum absolute atomic E-state index is 0.0776. The van der Waals surface area contributed by atoms with E-state index in [1.165, 1.54) is 0 Å². The van der Waals surface area contributed by atoms with Crippen LogP contribution in [-0.4, -0.2) is 15.9 Å². The first-order valence-electron chi connectivity index (χ1n) is 5.33. The van der Waals surface area contributed by atoms with Crippen LogP contribution < -0.4 is 10.5 Å². The van der Waals surface area contributed by atoms with Gasteiger partial charge in [-0.3, -0.25) is 0 Å². The zero-order chi connectivity index (χ0) is 12.4. The van der Waals surface area contributed by atoms with Gasteiger partial charge in [0.1, 0.15) is 11.4 Å². The molecule has 1 aromatic heterocycles. The second-order valence-electron chi connectivity index (χ2n) is 3.96. The zero-order valence-electron chi connectivity index (χ0n) is 9.72. The molecule has 0 bridgehead atoms. The summed E-state index contributed by atoms with van der Waals surface area (Å²) in [5.41, 5.74) is 7.36. The molecule has 1 aromatic carbocycles. The summed E-state index contributed by atoms with van der Waals surface area (Å²) >= 11 is 5.83. The second kappa shape index (κ2) is 4.67. The number of halogens is 1. The van der Waals surface area contributed by atoms with Crippen molar-refractivity contribution in [1.29, 1.82) is 0 Å². The Labute approximate surface area is 105 Å². The summed E-state index contributed by atoms with van der Waals surface area (Å²) in [6.07, 6.45) is 3.34. The van der Waals surface area contributed by atoms with Crippen LogP contribution in [0.25, 0.3) is 5.69 Å². The monoisotopic (exact) mass is 251 g/mol. The van der Waals surface area contributed by atoms with Gasteiger partial charge in [0.15, 0.2) is 0 Å². The molecule has 0 radical (unpaired) electrons. The third-order valence-corrected chi connectivity index (χ3v) is 2.40. The molecule has 1 heterocycles. The fourth-order valence-corrected chi connectivity index (χ4v) is 1.66. The number of aromatic nitrogens is 2. The summed E-state index contributed by atoms with van der Waals surface area (Å²) in [6, 6.07) is 5.58. The second-order valence-corrected chi connectivity index (χ2v) is 4.40. The topological polar surface area (TPSA) is 53.1 Å². The minimum Gasteiger partial charge on any atom is -0.489 e. The Morgan fingerprint density at radius 1 is 1.41 bits per heavy atom. The van der Waals surface area contributed by atoms with Crippen molar-refractivity contribution in [2.75, 3.05) is 5.73 Å². The maximum atomic E-state index is 6.04. The van der Waals surface area contributed by atoms with E-state index in [-0.39, 0.29) is 6.10 Å². The summed E-state index contributed by atoms with van der Waals surface area (Å²) < 4.78 is 7.24. The smallest absolute Gasteiger partial charge is 0.144 e. The van der Waals surface area contributed by atoms with E-state index in [0.29, 0.717) is 16.5 Å². The van der Waals surface area contributed by atoms with Crippen molar-refractivity contribution in [3.63, 3.8) is 0 Å². The van der Waals surface area contributed by atoms with E-state index in [4.69, 9.17) is 22.1 Å². The Morgan fingerprint density at radius 3 is 2.76 bits per heavy atom. The van der Waals surface area contributed by atoms with Crippen LogP contribution in [-0.2, 0) is 0 Å². The number of rotatable bonds is 3. The molecule has 0 spiro atoms. The molecule has 90 valence electrons. The average molecular weight is 252 g/mol. The van der Waals surface area contributed by atoms with E-state index in [1.54, 1.807) is 17.1 Å². The van der Waals surface area contributed by atoms with Gasteiger partial charge in [0.2, 0.25) is 0 Å². The molecule has 0 atom stereocenters. The summed E-state index contributed by atoms with van der Waals surface area (Å²) in [4.78, 5) is 0. The average Bonchev–Trinajstić information content (AvgIpc) is 2.67. The molecule has 2 aromatic rings.